The van der Waals surface area contributed by atoms with Crippen LogP contribution in [0.1, 0.15) is 32.1 Å². The van der Waals surface area contributed by atoms with Crippen molar-refractivity contribution >= 4 is 44.2 Å². The number of piperidine rings is 1. The summed E-state index contributed by atoms with van der Waals surface area (Å²) in [6, 6.07) is 10.4. The van der Waals surface area contributed by atoms with Gasteiger partial charge in [0.2, 0.25) is 0 Å². The number of fused-ring (bicyclic) bond motifs is 2. The van der Waals surface area contributed by atoms with E-state index in [2.05, 4.69) is 14.8 Å². The lowest BCUT2D eigenvalue weighted by atomic mass is 9.72. The van der Waals surface area contributed by atoms with Crippen molar-refractivity contribution < 1.29 is 22.7 Å². The lowest BCUT2D eigenvalue weighted by molar-refractivity contribution is -0.170. The van der Waals surface area contributed by atoms with E-state index in [1.165, 1.54) is 0 Å². The second-order valence-electron chi connectivity index (χ2n) is 11.4. The Morgan fingerprint density at radius 1 is 1.13 bits per heavy atom. The van der Waals surface area contributed by atoms with E-state index in [0.29, 0.717) is 11.4 Å². The first-order valence-corrected chi connectivity index (χ1v) is 15.4. The Balaban J connectivity index is 1.21. The summed E-state index contributed by atoms with van der Waals surface area (Å²) >= 11 is 6.10. The third kappa shape index (κ3) is 5.04. The van der Waals surface area contributed by atoms with Gasteiger partial charge >= 0.3 is 0 Å². The highest BCUT2D eigenvalue weighted by molar-refractivity contribution is 7.92. The summed E-state index contributed by atoms with van der Waals surface area (Å²) in [6.07, 6.45) is 8.20. The highest BCUT2D eigenvalue weighted by atomic mass is 35.5. The van der Waals surface area contributed by atoms with E-state index < -0.39 is 26.3 Å². The highest BCUT2D eigenvalue weighted by Crippen LogP contribution is 2.53. The summed E-state index contributed by atoms with van der Waals surface area (Å²) < 4.78 is 40.2. The van der Waals surface area contributed by atoms with Gasteiger partial charge in [-0.2, -0.15) is 0 Å². The fourth-order valence-electron chi connectivity index (χ4n) is 6.91. The van der Waals surface area contributed by atoms with Crippen molar-refractivity contribution in [1.29, 1.82) is 0 Å². The number of halogens is 1. The predicted molar refractivity (Wildman–Crippen MR) is 151 cm³/mol. The number of benzene rings is 2. The van der Waals surface area contributed by atoms with E-state index in [0.717, 1.165) is 49.9 Å². The SMILES string of the molecule is COCC12CC(S(=O)(=O)c3ccc4cc(Cl)ccc4c3)CC(=O)C1CC1(CCN(CN3C=CN=CC3)CC1)O2. The Morgan fingerprint density at radius 3 is 2.64 bits per heavy atom. The van der Waals surface area contributed by atoms with E-state index in [4.69, 9.17) is 21.1 Å². The number of ether oxygens (including phenoxy) is 2. The van der Waals surface area contributed by atoms with Gasteiger partial charge in [0.05, 0.1) is 41.5 Å². The lowest BCUT2D eigenvalue weighted by Gasteiger charge is -2.44. The van der Waals surface area contributed by atoms with Gasteiger partial charge in [0.1, 0.15) is 11.4 Å². The highest BCUT2D eigenvalue weighted by Gasteiger charge is 2.62. The molecule has 6 rings (SSSR count). The zero-order chi connectivity index (χ0) is 27.3. The first kappa shape index (κ1) is 26.9. The van der Waals surface area contributed by atoms with E-state index >= 15 is 0 Å². The molecule has 2 aromatic carbocycles. The molecule has 3 aliphatic heterocycles. The molecule has 39 heavy (non-hydrogen) atoms. The summed E-state index contributed by atoms with van der Waals surface area (Å²) in [5.74, 6) is -0.382. The average molecular weight is 572 g/mol. The standard InChI is InChI=1S/C29H34ClN3O5S/c1-37-19-29-17-25(39(35,36)24-5-3-21-14-23(30)4-2-22(21)15-24)16-27(34)26(29)18-28(38-29)6-10-32(11-7-28)20-33-12-8-31-9-13-33/h2-5,8-9,12,14-15,25-26H,6-7,10-11,13,16-20H2,1H3. The summed E-state index contributed by atoms with van der Waals surface area (Å²) in [6.45, 7) is 3.53. The molecule has 8 nitrogen and oxygen atoms in total. The van der Waals surface area contributed by atoms with Gasteiger partial charge < -0.3 is 14.4 Å². The number of hydrogen-bond acceptors (Lipinski definition) is 8. The molecule has 3 heterocycles. The molecule has 208 valence electrons. The molecule has 3 fully saturated rings. The summed E-state index contributed by atoms with van der Waals surface area (Å²) in [5.41, 5.74) is -1.37. The van der Waals surface area contributed by atoms with Crippen molar-refractivity contribution in [2.45, 2.75) is 53.5 Å². The fraction of sp³-hybridized carbons (Fsp3) is 0.517. The average Bonchev–Trinajstić information content (AvgIpc) is 3.24. The molecule has 0 amide bonds. The van der Waals surface area contributed by atoms with Crippen LogP contribution in [0, 0.1) is 5.92 Å². The molecule has 1 spiro atoms. The number of sulfone groups is 1. The minimum atomic E-state index is -3.78. The van der Waals surface area contributed by atoms with Crippen LogP contribution in [0.15, 0.2) is 58.7 Å². The van der Waals surface area contributed by atoms with E-state index in [9.17, 15) is 13.2 Å². The lowest BCUT2D eigenvalue weighted by Crippen LogP contribution is -2.53. The van der Waals surface area contributed by atoms with Gasteiger partial charge in [-0.1, -0.05) is 23.7 Å². The number of methoxy groups -OCH3 is 1. The minimum Gasteiger partial charge on any atom is -0.382 e. The second kappa shape index (κ2) is 10.3. The molecular weight excluding hydrogens is 538 g/mol. The van der Waals surface area contributed by atoms with E-state index in [-0.39, 0.29) is 36.0 Å². The van der Waals surface area contributed by atoms with Crippen molar-refractivity contribution in [3.63, 3.8) is 0 Å². The number of nitrogens with zero attached hydrogens (tertiary/aromatic N) is 3. The number of rotatable bonds is 6. The Hall–Kier alpha value is -2.30. The normalized spacial score (nSPS) is 28.9. The van der Waals surface area contributed by atoms with Crippen LogP contribution in [0.25, 0.3) is 10.8 Å². The third-order valence-corrected chi connectivity index (χ3v) is 11.2. The zero-order valence-corrected chi connectivity index (χ0v) is 23.7. The molecule has 1 aliphatic carbocycles. The number of carbonyl (C=O) groups is 1. The van der Waals surface area contributed by atoms with Gasteiger partial charge in [0, 0.05) is 50.3 Å². The quantitative estimate of drug-likeness (QED) is 0.516. The van der Waals surface area contributed by atoms with Crippen LogP contribution in [0.5, 0.6) is 0 Å². The molecule has 3 unspecified atom stereocenters. The maximum absolute atomic E-state index is 13.9. The first-order chi connectivity index (χ1) is 18.7. The van der Waals surface area contributed by atoms with Crippen LogP contribution < -0.4 is 0 Å². The molecule has 1 saturated carbocycles. The van der Waals surface area contributed by atoms with Gasteiger partial charge in [-0.3, -0.25) is 14.7 Å². The Kier molecular flexibility index (Phi) is 7.08. The first-order valence-electron chi connectivity index (χ1n) is 13.5. The van der Waals surface area contributed by atoms with Crippen molar-refractivity contribution in [3.05, 3.63) is 53.8 Å². The number of likely N-dealkylation sites (tertiary alicyclic amines) is 1. The molecule has 0 bridgehead atoms. The molecule has 0 N–H and O–H groups in total. The van der Waals surface area contributed by atoms with Crippen LogP contribution in [0.4, 0.5) is 0 Å². The Bertz CT molecular complexity index is 1440. The number of ketones is 1. The fourth-order valence-corrected chi connectivity index (χ4v) is 8.91. The molecule has 2 saturated heterocycles. The van der Waals surface area contributed by atoms with E-state index in [1.807, 2.05) is 24.5 Å². The zero-order valence-electron chi connectivity index (χ0n) is 22.1. The van der Waals surface area contributed by atoms with Crippen LogP contribution in [0.3, 0.4) is 0 Å². The Labute approximate surface area is 234 Å². The molecule has 2 aromatic rings. The van der Waals surface area contributed by atoms with Gasteiger partial charge in [-0.15, -0.1) is 0 Å². The van der Waals surface area contributed by atoms with Crippen molar-refractivity contribution in [1.82, 2.24) is 9.80 Å². The minimum absolute atomic E-state index is 0.00549. The van der Waals surface area contributed by atoms with Crippen LogP contribution in [-0.2, 0) is 24.1 Å². The molecule has 10 heteroatoms. The van der Waals surface area contributed by atoms with Gasteiger partial charge in [0.25, 0.3) is 0 Å². The van der Waals surface area contributed by atoms with Crippen molar-refractivity contribution in [2.24, 2.45) is 10.9 Å². The number of hydrogen-bond donors (Lipinski definition) is 0. The monoisotopic (exact) mass is 571 g/mol. The summed E-state index contributed by atoms with van der Waals surface area (Å²) in [7, 11) is -2.19. The number of aliphatic imine (C=N–C) groups is 1. The van der Waals surface area contributed by atoms with Crippen LogP contribution in [-0.4, -0.2) is 86.7 Å². The van der Waals surface area contributed by atoms with Crippen LogP contribution in [0.2, 0.25) is 5.02 Å². The van der Waals surface area contributed by atoms with Crippen molar-refractivity contribution in [2.75, 3.05) is 40.0 Å². The molecular formula is C29H34ClN3O5S. The van der Waals surface area contributed by atoms with E-state index in [1.54, 1.807) is 37.6 Å². The number of carbonyl (C=O) groups excluding carboxylic acids is 1. The summed E-state index contributed by atoms with van der Waals surface area (Å²) in [5, 5.41) is 1.40. The maximum Gasteiger partial charge on any atom is 0.181 e. The van der Waals surface area contributed by atoms with Gasteiger partial charge in [-0.05, 0) is 60.7 Å². The second-order valence-corrected chi connectivity index (χ2v) is 14.1. The van der Waals surface area contributed by atoms with Crippen LogP contribution >= 0.6 is 11.6 Å². The van der Waals surface area contributed by atoms with Gasteiger partial charge in [0.15, 0.2) is 9.84 Å². The molecule has 4 aliphatic rings. The third-order valence-electron chi connectivity index (χ3n) is 8.89. The topological polar surface area (TPSA) is 88.5 Å². The molecule has 0 aromatic heterocycles. The van der Waals surface area contributed by atoms with Crippen molar-refractivity contribution in [3.8, 4) is 0 Å². The smallest absolute Gasteiger partial charge is 0.181 e. The molecule has 3 atom stereocenters. The van der Waals surface area contributed by atoms with Gasteiger partial charge in [-0.25, -0.2) is 8.42 Å². The Morgan fingerprint density at radius 2 is 1.90 bits per heavy atom. The number of Topliss-reactive ketones (excluding diaryl/α,β-unsaturated/α-hetero) is 1. The molecule has 0 radical (unpaired) electrons. The maximum atomic E-state index is 13.9. The predicted octanol–water partition coefficient (Wildman–Crippen LogP) is 4.07. The summed E-state index contributed by atoms with van der Waals surface area (Å²) in [4.78, 5) is 22.6. The largest absolute Gasteiger partial charge is 0.382 e.